The molecule has 4 nitrogen and oxygen atoms in total. The van der Waals surface area contributed by atoms with E-state index in [-0.39, 0.29) is 11.7 Å². The summed E-state index contributed by atoms with van der Waals surface area (Å²) >= 11 is 0. The monoisotopic (exact) mass is 267 g/mol. The minimum Gasteiger partial charge on any atom is -0.409 e. The molecule has 0 saturated carbocycles. The van der Waals surface area contributed by atoms with Crippen molar-refractivity contribution < 1.29 is 9.60 Å². The van der Waals surface area contributed by atoms with Crippen LogP contribution in [-0.2, 0) is 6.54 Å². The smallest absolute Gasteiger partial charge is 0.170 e. The van der Waals surface area contributed by atoms with Crippen LogP contribution in [0, 0.1) is 11.7 Å². The molecule has 0 fully saturated rings. The zero-order valence-corrected chi connectivity index (χ0v) is 11.7. The van der Waals surface area contributed by atoms with Crippen molar-refractivity contribution in [3.05, 3.63) is 35.1 Å². The van der Waals surface area contributed by atoms with E-state index in [0.29, 0.717) is 23.6 Å². The highest BCUT2D eigenvalue weighted by atomic mass is 19.1. The molecule has 0 saturated heterocycles. The summed E-state index contributed by atoms with van der Waals surface area (Å²) in [6.07, 6.45) is 0. The molecule has 1 rings (SSSR count). The second-order valence-corrected chi connectivity index (χ2v) is 5.01. The fourth-order valence-electron chi connectivity index (χ4n) is 1.96. The maximum atomic E-state index is 14.0. The SMILES string of the molecule is CCN(Cc1ccc(/C(N)=N/O)cc1F)CC(C)C. The highest BCUT2D eigenvalue weighted by Crippen LogP contribution is 2.14. The normalized spacial score (nSPS) is 12.4. The minimum absolute atomic E-state index is 0.0834. The Balaban J connectivity index is 2.84. The molecule has 0 bridgehead atoms. The lowest BCUT2D eigenvalue weighted by atomic mass is 10.1. The summed E-state index contributed by atoms with van der Waals surface area (Å²) in [7, 11) is 0. The van der Waals surface area contributed by atoms with Crippen molar-refractivity contribution in [2.45, 2.75) is 27.3 Å². The van der Waals surface area contributed by atoms with Crippen LogP contribution in [0.1, 0.15) is 31.9 Å². The Labute approximate surface area is 113 Å². The van der Waals surface area contributed by atoms with Crippen LogP contribution in [0.5, 0.6) is 0 Å². The number of hydrogen-bond acceptors (Lipinski definition) is 3. The average Bonchev–Trinajstić information content (AvgIpc) is 2.38. The number of oxime groups is 1. The van der Waals surface area contributed by atoms with Crippen molar-refractivity contribution in [3.63, 3.8) is 0 Å². The van der Waals surface area contributed by atoms with Gasteiger partial charge < -0.3 is 10.9 Å². The zero-order chi connectivity index (χ0) is 14.4. The van der Waals surface area contributed by atoms with Crippen LogP contribution in [0.2, 0.25) is 0 Å². The van der Waals surface area contributed by atoms with Gasteiger partial charge >= 0.3 is 0 Å². The second-order valence-electron chi connectivity index (χ2n) is 5.01. The van der Waals surface area contributed by atoms with E-state index in [2.05, 4.69) is 30.8 Å². The number of hydrogen-bond donors (Lipinski definition) is 2. The van der Waals surface area contributed by atoms with Crippen LogP contribution >= 0.6 is 0 Å². The van der Waals surface area contributed by atoms with Gasteiger partial charge in [-0.15, -0.1) is 0 Å². The minimum atomic E-state index is -0.327. The number of amidine groups is 1. The van der Waals surface area contributed by atoms with Crippen LogP contribution in [0.3, 0.4) is 0 Å². The van der Waals surface area contributed by atoms with E-state index in [1.165, 1.54) is 6.07 Å². The molecule has 0 atom stereocenters. The van der Waals surface area contributed by atoms with E-state index in [1.54, 1.807) is 12.1 Å². The molecule has 0 aliphatic rings. The van der Waals surface area contributed by atoms with E-state index in [0.717, 1.165) is 13.1 Å². The maximum absolute atomic E-state index is 14.0. The first-order chi connectivity index (χ1) is 8.97. The molecule has 0 amide bonds. The van der Waals surface area contributed by atoms with Crippen molar-refractivity contribution >= 4 is 5.84 Å². The molecule has 19 heavy (non-hydrogen) atoms. The van der Waals surface area contributed by atoms with Gasteiger partial charge in [0.1, 0.15) is 5.82 Å². The summed E-state index contributed by atoms with van der Waals surface area (Å²) < 4.78 is 14.0. The molecule has 0 aliphatic heterocycles. The highest BCUT2D eigenvalue weighted by Gasteiger charge is 2.11. The number of rotatable bonds is 6. The lowest BCUT2D eigenvalue weighted by Gasteiger charge is -2.22. The molecule has 0 heterocycles. The van der Waals surface area contributed by atoms with Crippen LogP contribution in [0.15, 0.2) is 23.4 Å². The molecule has 0 aliphatic carbocycles. The molecule has 0 radical (unpaired) electrons. The molecule has 1 aromatic carbocycles. The molecule has 106 valence electrons. The van der Waals surface area contributed by atoms with Gasteiger partial charge in [-0.3, -0.25) is 4.90 Å². The van der Waals surface area contributed by atoms with Gasteiger partial charge in [-0.25, -0.2) is 4.39 Å². The standard InChI is InChI=1S/C14H22FN3O/c1-4-18(8-10(2)3)9-12-6-5-11(7-13(12)15)14(16)17-19/h5-7,10,19H,4,8-9H2,1-3H3,(H2,16,17). The van der Waals surface area contributed by atoms with Crippen LogP contribution in [-0.4, -0.2) is 29.0 Å². The van der Waals surface area contributed by atoms with Crippen LogP contribution in [0.4, 0.5) is 4.39 Å². The van der Waals surface area contributed by atoms with Gasteiger partial charge in [-0.1, -0.05) is 38.1 Å². The molecule has 5 heteroatoms. The molecular formula is C14H22FN3O. The predicted octanol–water partition coefficient (Wildman–Crippen LogP) is 2.40. The van der Waals surface area contributed by atoms with Gasteiger partial charge in [0.15, 0.2) is 5.84 Å². The van der Waals surface area contributed by atoms with Crippen molar-refractivity contribution in [2.75, 3.05) is 13.1 Å². The van der Waals surface area contributed by atoms with Crippen molar-refractivity contribution in [1.29, 1.82) is 0 Å². The number of nitrogens with zero attached hydrogens (tertiary/aromatic N) is 2. The summed E-state index contributed by atoms with van der Waals surface area (Å²) in [4.78, 5) is 2.19. The van der Waals surface area contributed by atoms with Gasteiger partial charge in [0.2, 0.25) is 0 Å². The first kappa shape index (κ1) is 15.4. The molecule has 0 unspecified atom stereocenters. The Hall–Kier alpha value is -1.62. The van der Waals surface area contributed by atoms with E-state index in [1.807, 2.05) is 0 Å². The summed E-state index contributed by atoms with van der Waals surface area (Å²) in [5.41, 5.74) is 6.44. The third kappa shape index (κ3) is 4.52. The highest BCUT2D eigenvalue weighted by molar-refractivity contribution is 5.97. The number of halogens is 1. The lowest BCUT2D eigenvalue weighted by molar-refractivity contribution is 0.245. The Kier molecular flexibility index (Phi) is 5.76. The maximum Gasteiger partial charge on any atom is 0.170 e. The summed E-state index contributed by atoms with van der Waals surface area (Å²) in [6, 6.07) is 4.65. The molecule has 0 aromatic heterocycles. The summed E-state index contributed by atoms with van der Waals surface area (Å²) in [5.74, 6) is 0.130. The topological polar surface area (TPSA) is 61.8 Å². The first-order valence-electron chi connectivity index (χ1n) is 6.46. The molecule has 1 aromatic rings. The van der Waals surface area contributed by atoms with Crippen LogP contribution < -0.4 is 5.73 Å². The third-order valence-corrected chi connectivity index (χ3v) is 2.92. The first-order valence-corrected chi connectivity index (χ1v) is 6.46. The van der Waals surface area contributed by atoms with Crippen molar-refractivity contribution in [3.8, 4) is 0 Å². The van der Waals surface area contributed by atoms with Gasteiger partial charge in [0.25, 0.3) is 0 Å². The van der Waals surface area contributed by atoms with E-state index < -0.39 is 0 Å². The van der Waals surface area contributed by atoms with E-state index in [9.17, 15) is 4.39 Å². The molecule has 3 N–H and O–H groups in total. The largest absolute Gasteiger partial charge is 0.409 e. The van der Waals surface area contributed by atoms with Gasteiger partial charge in [0, 0.05) is 24.2 Å². The van der Waals surface area contributed by atoms with E-state index >= 15 is 0 Å². The quantitative estimate of drug-likeness (QED) is 0.360. The van der Waals surface area contributed by atoms with Gasteiger partial charge in [-0.05, 0) is 18.5 Å². The van der Waals surface area contributed by atoms with Crippen molar-refractivity contribution in [1.82, 2.24) is 4.90 Å². The lowest BCUT2D eigenvalue weighted by Crippen LogP contribution is -2.27. The molecule has 0 spiro atoms. The fraction of sp³-hybridized carbons (Fsp3) is 0.500. The zero-order valence-electron chi connectivity index (χ0n) is 11.7. The average molecular weight is 267 g/mol. The summed E-state index contributed by atoms with van der Waals surface area (Å²) in [5, 5.41) is 11.4. The Morgan fingerprint density at radius 1 is 1.47 bits per heavy atom. The van der Waals surface area contributed by atoms with Crippen LogP contribution in [0.25, 0.3) is 0 Å². The Bertz CT molecular complexity index is 446. The third-order valence-electron chi connectivity index (χ3n) is 2.92. The predicted molar refractivity (Wildman–Crippen MR) is 74.7 cm³/mol. The number of benzene rings is 1. The van der Waals surface area contributed by atoms with E-state index in [4.69, 9.17) is 10.9 Å². The number of nitrogens with two attached hydrogens (primary N) is 1. The fourth-order valence-corrected chi connectivity index (χ4v) is 1.96. The molecular weight excluding hydrogens is 245 g/mol. The summed E-state index contributed by atoms with van der Waals surface area (Å²) in [6.45, 7) is 8.71. The van der Waals surface area contributed by atoms with Gasteiger partial charge in [-0.2, -0.15) is 0 Å². The second kappa shape index (κ2) is 7.09. The Morgan fingerprint density at radius 2 is 2.16 bits per heavy atom. The Morgan fingerprint density at radius 3 is 2.63 bits per heavy atom. The van der Waals surface area contributed by atoms with Gasteiger partial charge in [0.05, 0.1) is 0 Å². The van der Waals surface area contributed by atoms with Crippen molar-refractivity contribution in [2.24, 2.45) is 16.8 Å².